The predicted molar refractivity (Wildman–Crippen MR) is 101 cm³/mol. The number of aliphatic hydroxyl groups excluding tert-OH is 1. The first-order valence-electron chi connectivity index (χ1n) is 7.15. The highest BCUT2D eigenvalue weighted by molar-refractivity contribution is 6.33. The third-order valence-electron chi connectivity index (χ3n) is 3.76. The number of aromatic nitrogens is 1. The average Bonchev–Trinajstić information content (AvgIpc) is 2.71. The van der Waals surface area contributed by atoms with Gasteiger partial charge in [0.2, 0.25) is 0 Å². The van der Waals surface area contributed by atoms with Crippen LogP contribution < -0.4 is 0 Å². The number of nitrogens with zero attached hydrogens (tertiary/aromatic N) is 2. The fraction of sp³-hybridized carbons (Fsp3) is 0.294. The van der Waals surface area contributed by atoms with Crippen molar-refractivity contribution in [1.82, 2.24) is 9.47 Å². The zero-order chi connectivity index (χ0) is 15.9. The summed E-state index contributed by atoms with van der Waals surface area (Å²) in [6.45, 7) is 1.14. The Morgan fingerprint density at radius 3 is 1.91 bits per heavy atom. The fourth-order valence-corrected chi connectivity index (χ4v) is 3.28. The Bertz CT molecular complexity index is 770. The van der Waals surface area contributed by atoms with E-state index in [0.29, 0.717) is 23.1 Å². The van der Waals surface area contributed by atoms with E-state index < -0.39 is 6.10 Å². The molecule has 1 N–H and O–H groups in total. The van der Waals surface area contributed by atoms with Crippen LogP contribution in [-0.2, 0) is 6.54 Å². The van der Waals surface area contributed by atoms with E-state index in [1.54, 1.807) is 0 Å². The van der Waals surface area contributed by atoms with Crippen LogP contribution in [0, 0.1) is 0 Å². The Labute approximate surface area is 151 Å². The molecule has 1 heterocycles. The van der Waals surface area contributed by atoms with Crippen LogP contribution in [0.2, 0.25) is 10.0 Å². The third-order valence-corrected chi connectivity index (χ3v) is 4.23. The van der Waals surface area contributed by atoms with Crippen LogP contribution in [0.4, 0.5) is 0 Å². The molecule has 0 aliphatic carbocycles. The Morgan fingerprint density at radius 2 is 1.48 bits per heavy atom. The lowest BCUT2D eigenvalue weighted by atomic mass is 10.1. The van der Waals surface area contributed by atoms with Crippen LogP contribution >= 0.6 is 35.6 Å². The molecule has 0 bridgehead atoms. The van der Waals surface area contributed by atoms with Gasteiger partial charge in [0.25, 0.3) is 0 Å². The molecule has 124 valence electrons. The third kappa shape index (κ3) is 3.76. The molecule has 0 saturated carbocycles. The van der Waals surface area contributed by atoms with E-state index in [1.807, 2.05) is 55.4 Å². The van der Waals surface area contributed by atoms with E-state index in [-0.39, 0.29) is 12.4 Å². The van der Waals surface area contributed by atoms with E-state index >= 15 is 0 Å². The molecule has 0 aliphatic rings. The molecule has 0 fully saturated rings. The Kier molecular flexibility index (Phi) is 5.82. The Morgan fingerprint density at radius 1 is 1.00 bits per heavy atom. The highest BCUT2D eigenvalue weighted by atomic mass is 35.5. The largest absolute Gasteiger partial charge is 0.390 e. The summed E-state index contributed by atoms with van der Waals surface area (Å²) in [6, 6.07) is 11.6. The molecule has 3 nitrogen and oxygen atoms in total. The summed E-state index contributed by atoms with van der Waals surface area (Å²) in [4.78, 5) is 1.98. The van der Waals surface area contributed by atoms with Gasteiger partial charge in [-0.2, -0.15) is 0 Å². The number of fused-ring (bicyclic) bond motifs is 3. The quantitative estimate of drug-likeness (QED) is 0.732. The first-order valence-corrected chi connectivity index (χ1v) is 7.91. The minimum absolute atomic E-state index is 0. The van der Waals surface area contributed by atoms with Gasteiger partial charge in [0, 0.05) is 38.4 Å². The number of aliphatic hydroxyl groups is 1. The van der Waals surface area contributed by atoms with Crippen molar-refractivity contribution < 1.29 is 5.11 Å². The molecular weight excluding hydrogens is 355 g/mol. The second-order valence-electron chi connectivity index (χ2n) is 5.85. The van der Waals surface area contributed by atoms with Crippen LogP contribution in [0.15, 0.2) is 36.4 Å². The van der Waals surface area contributed by atoms with Crippen LogP contribution in [0.25, 0.3) is 21.8 Å². The van der Waals surface area contributed by atoms with Gasteiger partial charge in [-0.05, 0) is 50.5 Å². The van der Waals surface area contributed by atoms with Gasteiger partial charge in [0.15, 0.2) is 0 Å². The summed E-state index contributed by atoms with van der Waals surface area (Å²) in [5.41, 5.74) is 2.11. The Balaban J connectivity index is 0.00000192. The second-order valence-corrected chi connectivity index (χ2v) is 6.72. The normalized spacial score (nSPS) is 12.8. The van der Waals surface area contributed by atoms with Gasteiger partial charge < -0.3 is 14.6 Å². The molecule has 0 aliphatic heterocycles. The van der Waals surface area contributed by atoms with E-state index in [1.165, 1.54) is 0 Å². The molecule has 0 spiro atoms. The monoisotopic (exact) mass is 372 g/mol. The van der Waals surface area contributed by atoms with Crippen molar-refractivity contribution in [2.45, 2.75) is 12.6 Å². The molecule has 6 heteroatoms. The van der Waals surface area contributed by atoms with E-state index in [0.717, 1.165) is 21.8 Å². The molecule has 0 radical (unpaired) electrons. The topological polar surface area (TPSA) is 28.4 Å². The molecule has 23 heavy (non-hydrogen) atoms. The minimum atomic E-state index is -0.444. The van der Waals surface area contributed by atoms with Crippen molar-refractivity contribution in [3.63, 3.8) is 0 Å². The number of benzene rings is 2. The number of halogens is 3. The van der Waals surface area contributed by atoms with Gasteiger partial charge in [-0.25, -0.2) is 0 Å². The SMILES string of the molecule is CN(C)CC(O)Cn1c2ccc(Cl)cc2c2cc(Cl)ccc21.Cl. The maximum Gasteiger partial charge on any atom is 0.0845 e. The van der Waals surface area contributed by atoms with E-state index in [9.17, 15) is 5.11 Å². The maximum absolute atomic E-state index is 10.3. The predicted octanol–water partition coefficient (Wildman–Crippen LogP) is 4.45. The second kappa shape index (κ2) is 7.29. The van der Waals surface area contributed by atoms with Crippen molar-refractivity contribution in [3.05, 3.63) is 46.4 Å². The van der Waals surface area contributed by atoms with Crippen molar-refractivity contribution >= 4 is 57.4 Å². The van der Waals surface area contributed by atoms with Gasteiger partial charge in [0.05, 0.1) is 12.6 Å². The molecule has 2 aromatic carbocycles. The number of rotatable bonds is 4. The lowest BCUT2D eigenvalue weighted by molar-refractivity contribution is 0.122. The van der Waals surface area contributed by atoms with Crippen LogP contribution in [0.5, 0.6) is 0 Å². The lowest BCUT2D eigenvalue weighted by Crippen LogP contribution is -2.29. The molecule has 1 unspecified atom stereocenters. The summed E-state index contributed by atoms with van der Waals surface area (Å²) < 4.78 is 2.13. The van der Waals surface area contributed by atoms with Crippen molar-refractivity contribution in [1.29, 1.82) is 0 Å². The molecule has 3 rings (SSSR count). The minimum Gasteiger partial charge on any atom is -0.390 e. The first-order chi connectivity index (χ1) is 10.5. The summed E-state index contributed by atoms with van der Waals surface area (Å²) in [7, 11) is 3.91. The summed E-state index contributed by atoms with van der Waals surface area (Å²) in [5.74, 6) is 0. The summed E-state index contributed by atoms with van der Waals surface area (Å²) >= 11 is 12.3. The number of hydrogen-bond acceptors (Lipinski definition) is 2. The smallest absolute Gasteiger partial charge is 0.0845 e. The van der Waals surface area contributed by atoms with Crippen molar-refractivity contribution in [3.8, 4) is 0 Å². The molecule has 3 aromatic rings. The summed E-state index contributed by atoms with van der Waals surface area (Å²) in [5, 5.41) is 13.8. The average molecular weight is 374 g/mol. The highest BCUT2D eigenvalue weighted by Gasteiger charge is 2.15. The van der Waals surface area contributed by atoms with Gasteiger partial charge in [-0.3, -0.25) is 0 Å². The van der Waals surface area contributed by atoms with E-state index in [2.05, 4.69) is 4.57 Å². The zero-order valence-electron chi connectivity index (χ0n) is 13.0. The van der Waals surface area contributed by atoms with Gasteiger partial charge in [-0.15, -0.1) is 12.4 Å². The maximum atomic E-state index is 10.3. The fourth-order valence-electron chi connectivity index (χ4n) is 2.94. The molecule has 1 aromatic heterocycles. The standard InChI is InChI=1S/C17H18Cl2N2O.ClH/c1-20(2)9-13(22)10-21-16-5-3-11(18)7-14(16)15-8-12(19)4-6-17(15)21;/h3-8,13,22H,9-10H2,1-2H3;1H. The molecular formula is C17H19Cl3N2O. The van der Waals surface area contributed by atoms with Gasteiger partial charge >= 0.3 is 0 Å². The summed E-state index contributed by atoms with van der Waals surface area (Å²) in [6.07, 6.45) is -0.444. The lowest BCUT2D eigenvalue weighted by Gasteiger charge is -2.18. The van der Waals surface area contributed by atoms with Gasteiger partial charge in [0.1, 0.15) is 0 Å². The number of likely N-dealkylation sites (N-methyl/N-ethyl adjacent to an activating group) is 1. The van der Waals surface area contributed by atoms with E-state index in [4.69, 9.17) is 23.2 Å². The van der Waals surface area contributed by atoms with Crippen molar-refractivity contribution in [2.24, 2.45) is 0 Å². The zero-order valence-corrected chi connectivity index (χ0v) is 15.3. The molecule has 0 saturated heterocycles. The first kappa shape index (κ1) is 18.4. The van der Waals surface area contributed by atoms with Crippen LogP contribution in [0.3, 0.4) is 0 Å². The number of hydrogen-bond donors (Lipinski definition) is 1. The highest BCUT2D eigenvalue weighted by Crippen LogP contribution is 2.33. The van der Waals surface area contributed by atoms with Gasteiger partial charge in [-0.1, -0.05) is 23.2 Å². The van der Waals surface area contributed by atoms with Crippen molar-refractivity contribution in [2.75, 3.05) is 20.6 Å². The molecule has 0 amide bonds. The van der Waals surface area contributed by atoms with Crippen LogP contribution in [0.1, 0.15) is 0 Å². The van der Waals surface area contributed by atoms with Crippen LogP contribution in [-0.4, -0.2) is 41.3 Å². The molecule has 1 atom stereocenters. The Hall–Kier alpha value is -0.970.